The lowest BCUT2D eigenvalue weighted by Gasteiger charge is -2.18. The van der Waals surface area contributed by atoms with Crippen LogP contribution in [0.2, 0.25) is 5.02 Å². The lowest BCUT2D eigenvalue weighted by Crippen LogP contribution is -2.30. The Hall–Kier alpha value is -2.34. The van der Waals surface area contributed by atoms with Crippen molar-refractivity contribution >= 4 is 29.6 Å². The molecule has 2 amide bonds. The molecule has 3 aliphatic carbocycles. The number of carbonyl (C=O) groups excluding carboxylic acids is 2. The second kappa shape index (κ2) is 4.68. The standard InChI is InChI=1S/C19H15ClN2O4/c20-12-6-14-13(25-8-26-14)5-9(12)7-21-22-17(23)15-10-1-2-11(16(15)18(22)24)19(10)3-4-19/h1-2,5-7,10-11,15-16H,3-4,8H2/b21-7-/t10-,11-,15-,16-/m1/s1. The van der Waals surface area contributed by atoms with Crippen LogP contribution in [0.1, 0.15) is 18.4 Å². The Kier molecular flexibility index (Phi) is 2.66. The van der Waals surface area contributed by atoms with E-state index in [1.807, 2.05) is 0 Å². The molecule has 0 N–H and O–H groups in total. The van der Waals surface area contributed by atoms with Gasteiger partial charge in [-0.3, -0.25) is 9.59 Å². The maximum absolute atomic E-state index is 12.9. The van der Waals surface area contributed by atoms with Gasteiger partial charge in [-0.25, -0.2) is 0 Å². The van der Waals surface area contributed by atoms with Gasteiger partial charge in [0.05, 0.1) is 23.1 Å². The van der Waals surface area contributed by atoms with Crippen molar-refractivity contribution in [2.45, 2.75) is 12.8 Å². The quantitative estimate of drug-likeness (QED) is 0.456. The molecule has 2 heterocycles. The van der Waals surface area contributed by atoms with Crippen LogP contribution in [0.3, 0.4) is 0 Å². The lowest BCUT2D eigenvalue weighted by atomic mass is 9.85. The second-order valence-corrected chi connectivity index (χ2v) is 8.09. The molecule has 0 radical (unpaired) electrons. The summed E-state index contributed by atoms with van der Waals surface area (Å²) in [5.74, 6) is 0.685. The average molecular weight is 371 g/mol. The van der Waals surface area contributed by atoms with Crippen LogP contribution in [-0.2, 0) is 9.59 Å². The number of fused-ring (bicyclic) bond motifs is 4. The third kappa shape index (κ3) is 1.66. The average Bonchev–Trinajstić information content (AvgIpc) is 2.94. The molecule has 1 aromatic carbocycles. The van der Waals surface area contributed by atoms with Gasteiger partial charge < -0.3 is 9.47 Å². The van der Waals surface area contributed by atoms with Crippen molar-refractivity contribution in [3.05, 3.63) is 34.9 Å². The molecule has 1 aromatic rings. The summed E-state index contributed by atoms with van der Waals surface area (Å²) >= 11 is 6.24. The second-order valence-electron chi connectivity index (χ2n) is 7.68. The lowest BCUT2D eigenvalue weighted by molar-refractivity contribution is -0.141. The van der Waals surface area contributed by atoms with Crippen LogP contribution >= 0.6 is 11.6 Å². The molecule has 6 nitrogen and oxygen atoms in total. The highest BCUT2D eigenvalue weighted by Gasteiger charge is 2.73. The van der Waals surface area contributed by atoms with Gasteiger partial charge in [-0.05, 0) is 36.2 Å². The molecule has 0 unspecified atom stereocenters. The molecule has 2 saturated carbocycles. The summed E-state index contributed by atoms with van der Waals surface area (Å²) < 4.78 is 10.6. The predicted octanol–water partition coefficient (Wildman–Crippen LogP) is 2.60. The fraction of sp³-hybridized carbons (Fsp3) is 0.421. The van der Waals surface area contributed by atoms with Gasteiger partial charge in [0, 0.05) is 11.6 Å². The van der Waals surface area contributed by atoms with Crippen LogP contribution in [0, 0.1) is 29.1 Å². The van der Waals surface area contributed by atoms with Gasteiger partial charge in [-0.15, -0.1) is 0 Å². The highest BCUT2D eigenvalue weighted by molar-refractivity contribution is 6.33. The number of hydrazone groups is 1. The molecule has 26 heavy (non-hydrogen) atoms. The first kappa shape index (κ1) is 14.8. The number of halogens is 1. The van der Waals surface area contributed by atoms with Crippen LogP contribution in [0.4, 0.5) is 0 Å². The molecular formula is C19H15ClN2O4. The molecule has 2 bridgehead atoms. The van der Waals surface area contributed by atoms with E-state index in [-0.39, 0.29) is 47.7 Å². The van der Waals surface area contributed by atoms with Gasteiger partial charge in [-0.2, -0.15) is 10.1 Å². The first-order valence-corrected chi connectivity index (χ1v) is 9.17. The van der Waals surface area contributed by atoms with Crippen molar-refractivity contribution in [1.82, 2.24) is 5.01 Å². The highest BCUT2D eigenvalue weighted by atomic mass is 35.5. The van der Waals surface area contributed by atoms with Gasteiger partial charge in [0.15, 0.2) is 11.5 Å². The smallest absolute Gasteiger partial charge is 0.254 e. The Morgan fingerprint density at radius 2 is 1.69 bits per heavy atom. The number of hydrogen-bond acceptors (Lipinski definition) is 5. The van der Waals surface area contributed by atoms with Crippen LogP contribution in [-0.4, -0.2) is 29.8 Å². The molecule has 3 fully saturated rings. The van der Waals surface area contributed by atoms with Crippen molar-refractivity contribution in [2.75, 3.05) is 6.79 Å². The molecule has 1 saturated heterocycles. The third-order valence-electron chi connectivity index (χ3n) is 6.63. The third-order valence-corrected chi connectivity index (χ3v) is 6.96. The zero-order valence-electron chi connectivity index (χ0n) is 13.7. The van der Waals surface area contributed by atoms with E-state index in [0.29, 0.717) is 22.1 Å². The zero-order valence-corrected chi connectivity index (χ0v) is 14.5. The van der Waals surface area contributed by atoms with E-state index in [2.05, 4.69) is 17.3 Å². The van der Waals surface area contributed by atoms with E-state index in [9.17, 15) is 9.59 Å². The van der Waals surface area contributed by atoms with Crippen LogP contribution in [0.25, 0.3) is 0 Å². The number of rotatable bonds is 2. The van der Waals surface area contributed by atoms with Crippen LogP contribution in [0.5, 0.6) is 11.5 Å². The molecule has 132 valence electrons. The number of nitrogens with zero attached hydrogens (tertiary/aromatic N) is 2. The van der Waals surface area contributed by atoms with E-state index in [4.69, 9.17) is 21.1 Å². The topological polar surface area (TPSA) is 68.2 Å². The maximum Gasteiger partial charge on any atom is 0.254 e. The van der Waals surface area contributed by atoms with E-state index in [0.717, 1.165) is 17.9 Å². The molecule has 1 spiro atoms. The van der Waals surface area contributed by atoms with Gasteiger partial charge in [-0.1, -0.05) is 23.8 Å². The van der Waals surface area contributed by atoms with Crippen molar-refractivity contribution in [2.24, 2.45) is 34.2 Å². The molecule has 6 rings (SSSR count). The Morgan fingerprint density at radius 1 is 1.08 bits per heavy atom. The summed E-state index contributed by atoms with van der Waals surface area (Å²) in [6.45, 7) is 0.149. The Balaban J connectivity index is 1.31. The normalized spacial score (nSPS) is 34.6. The number of hydrogen-bond donors (Lipinski definition) is 0. The maximum atomic E-state index is 12.9. The largest absolute Gasteiger partial charge is 0.454 e. The number of benzene rings is 1. The number of ether oxygens (including phenoxy) is 2. The summed E-state index contributed by atoms with van der Waals surface area (Å²) in [5, 5.41) is 5.66. The molecule has 2 aliphatic heterocycles. The predicted molar refractivity (Wildman–Crippen MR) is 91.8 cm³/mol. The van der Waals surface area contributed by atoms with Gasteiger partial charge in [0.1, 0.15) is 0 Å². The highest BCUT2D eigenvalue weighted by Crippen LogP contribution is 2.73. The molecular weight excluding hydrogens is 356 g/mol. The first-order valence-electron chi connectivity index (χ1n) is 8.79. The summed E-state index contributed by atoms with van der Waals surface area (Å²) in [6.07, 6.45) is 7.99. The van der Waals surface area contributed by atoms with E-state index in [1.54, 1.807) is 12.1 Å². The van der Waals surface area contributed by atoms with Gasteiger partial charge in [0.25, 0.3) is 11.8 Å². The minimum atomic E-state index is -0.246. The fourth-order valence-corrected chi connectivity index (χ4v) is 5.53. The van der Waals surface area contributed by atoms with Crippen LogP contribution in [0.15, 0.2) is 29.4 Å². The van der Waals surface area contributed by atoms with E-state index < -0.39 is 0 Å². The SMILES string of the molecule is O=C1[C@H]2[C@H](C(=O)N1/N=C\c1cc3c(cc1Cl)OCO3)[C@H]1C=C[C@H]2C12CC2. The van der Waals surface area contributed by atoms with Crippen molar-refractivity contribution in [3.63, 3.8) is 0 Å². The number of carbonyl (C=O) groups is 2. The molecule has 4 atom stereocenters. The first-order chi connectivity index (χ1) is 12.6. The van der Waals surface area contributed by atoms with E-state index >= 15 is 0 Å². The van der Waals surface area contributed by atoms with Crippen molar-refractivity contribution in [1.29, 1.82) is 0 Å². The Labute approximate surface area is 154 Å². The summed E-state index contributed by atoms with van der Waals surface area (Å²) in [5.41, 5.74) is 0.769. The molecule has 7 heteroatoms. The van der Waals surface area contributed by atoms with Gasteiger partial charge >= 0.3 is 0 Å². The molecule has 0 aromatic heterocycles. The van der Waals surface area contributed by atoms with Crippen LogP contribution < -0.4 is 9.47 Å². The summed E-state index contributed by atoms with van der Waals surface area (Å²) in [6, 6.07) is 3.35. The monoisotopic (exact) mass is 370 g/mol. The summed E-state index contributed by atoms with van der Waals surface area (Å²) in [7, 11) is 0. The van der Waals surface area contributed by atoms with Gasteiger partial charge in [0.2, 0.25) is 6.79 Å². The summed E-state index contributed by atoms with van der Waals surface area (Å²) in [4.78, 5) is 25.8. The molecule has 5 aliphatic rings. The Bertz CT molecular complexity index is 902. The fourth-order valence-electron chi connectivity index (χ4n) is 5.33. The number of imide groups is 1. The Morgan fingerprint density at radius 3 is 2.31 bits per heavy atom. The number of allylic oxidation sites excluding steroid dienone is 2. The zero-order chi connectivity index (χ0) is 17.6. The van der Waals surface area contributed by atoms with Crippen molar-refractivity contribution < 1.29 is 19.1 Å². The van der Waals surface area contributed by atoms with Crippen molar-refractivity contribution in [3.8, 4) is 11.5 Å². The minimum Gasteiger partial charge on any atom is -0.454 e. The number of amides is 2. The van der Waals surface area contributed by atoms with E-state index in [1.165, 1.54) is 6.21 Å². The minimum absolute atomic E-state index is 0.149.